The summed E-state index contributed by atoms with van der Waals surface area (Å²) >= 11 is 0. The minimum absolute atomic E-state index is 0.0187. The topological polar surface area (TPSA) is 66.8 Å². The second-order valence-electron chi connectivity index (χ2n) is 3.97. The molecule has 1 fully saturated rings. The van der Waals surface area contributed by atoms with Crippen LogP contribution >= 0.6 is 0 Å². The normalized spacial score (nSPS) is 40.6. The fourth-order valence-electron chi connectivity index (χ4n) is 2.01. The van der Waals surface area contributed by atoms with Gasteiger partial charge in [0, 0.05) is 12.8 Å². The lowest BCUT2D eigenvalue weighted by Gasteiger charge is -2.39. The molecule has 5 heteroatoms. The van der Waals surface area contributed by atoms with Crippen molar-refractivity contribution < 1.29 is 24.1 Å². The summed E-state index contributed by atoms with van der Waals surface area (Å²) in [7, 11) is 0. The first-order valence-corrected chi connectivity index (χ1v) is 4.60. The molecule has 0 bridgehead atoms. The Balaban J connectivity index is 2.76. The van der Waals surface area contributed by atoms with E-state index in [1.807, 2.05) is 0 Å². The number of aliphatic carboxylic acids is 1. The van der Waals surface area contributed by atoms with Gasteiger partial charge in [0.25, 0.3) is 0 Å². The van der Waals surface area contributed by atoms with E-state index in [9.17, 15) is 14.3 Å². The van der Waals surface area contributed by atoms with Gasteiger partial charge in [-0.1, -0.05) is 0 Å². The Morgan fingerprint density at radius 1 is 1.50 bits per heavy atom. The highest BCUT2D eigenvalue weighted by Gasteiger charge is 2.47. The summed E-state index contributed by atoms with van der Waals surface area (Å²) in [6.45, 7) is 3.38. The van der Waals surface area contributed by atoms with E-state index in [0.29, 0.717) is 0 Å². The summed E-state index contributed by atoms with van der Waals surface area (Å²) in [6.07, 6.45) is -2.84. The summed E-state index contributed by atoms with van der Waals surface area (Å²) in [6, 6.07) is 0. The van der Waals surface area contributed by atoms with Crippen LogP contribution in [0.2, 0.25) is 0 Å². The van der Waals surface area contributed by atoms with E-state index in [0.717, 1.165) is 0 Å². The first kappa shape index (κ1) is 11.4. The number of carboxylic acid groups (broad SMARTS) is 1. The first-order chi connectivity index (χ1) is 6.35. The lowest BCUT2D eigenvalue weighted by molar-refractivity contribution is -0.179. The smallest absolute Gasteiger partial charge is 0.341 e. The van der Waals surface area contributed by atoms with E-state index in [-0.39, 0.29) is 25.0 Å². The van der Waals surface area contributed by atoms with Gasteiger partial charge in [-0.2, -0.15) is 0 Å². The van der Waals surface area contributed by atoms with E-state index in [2.05, 4.69) is 0 Å². The summed E-state index contributed by atoms with van der Waals surface area (Å²) in [5.41, 5.74) is -1.79. The van der Waals surface area contributed by atoms with E-state index in [1.54, 1.807) is 13.8 Å². The minimum atomic E-state index is -2.24. The number of ether oxygens (including phenoxy) is 1. The summed E-state index contributed by atoms with van der Waals surface area (Å²) in [4.78, 5) is 10.4. The third-order valence-electron chi connectivity index (χ3n) is 2.44. The molecule has 1 rings (SSSR count). The van der Waals surface area contributed by atoms with Crippen molar-refractivity contribution in [2.24, 2.45) is 0 Å². The molecule has 0 aromatic heterocycles. The molecule has 2 N–H and O–H groups in total. The molecule has 0 saturated carbocycles. The second kappa shape index (κ2) is 3.82. The van der Waals surface area contributed by atoms with Gasteiger partial charge < -0.3 is 14.9 Å². The van der Waals surface area contributed by atoms with Crippen molar-refractivity contribution in [2.75, 3.05) is 0 Å². The maximum Gasteiger partial charge on any atom is 0.341 e. The molecule has 1 aliphatic heterocycles. The van der Waals surface area contributed by atoms with Gasteiger partial charge >= 0.3 is 5.97 Å². The maximum absolute atomic E-state index is 13.2. The highest BCUT2D eigenvalue weighted by molar-refractivity contribution is 5.73. The predicted octanol–water partition coefficient (Wildman–Crippen LogP) is 0.728. The predicted molar refractivity (Wildman–Crippen MR) is 46.7 cm³/mol. The van der Waals surface area contributed by atoms with Gasteiger partial charge in [0.15, 0.2) is 0 Å². The number of carbonyl (C=O) groups is 1. The van der Waals surface area contributed by atoms with Crippen LogP contribution in [0.5, 0.6) is 0 Å². The Morgan fingerprint density at radius 2 is 1.93 bits per heavy atom. The highest BCUT2D eigenvalue weighted by Crippen LogP contribution is 2.33. The van der Waals surface area contributed by atoms with Crippen LogP contribution in [0, 0.1) is 0 Å². The monoisotopic (exact) mass is 206 g/mol. The van der Waals surface area contributed by atoms with Crippen molar-refractivity contribution in [1.29, 1.82) is 0 Å². The van der Waals surface area contributed by atoms with Crippen LogP contribution < -0.4 is 0 Å². The van der Waals surface area contributed by atoms with Crippen LogP contribution in [0.4, 0.5) is 4.39 Å². The van der Waals surface area contributed by atoms with Gasteiger partial charge in [0.2, 0.25) is 6.17 Å². The van der Waals surface area contributed by atoms with Crippen LogP contribution in [-0.4, -0.2) is 40.2 Å². The van der Waals surface area contributed by atoms with Crippen LogP contribution in [0.25, 0.3) is 0 Å². The van der Waals surface area contributed by atoms with Gasteiger partial charge in [0.05, 0.1) is 12.2 Å². The molecule has 3 atom stereocenters. The Kier molecular flexibility index (Phi) is 3.11. The number of halogens is 1. The molecule has 82 valence electrons. The molecule has 1 aliphatic rings. The van der Waals surface area contributed by atoms with Gasteiger partial charge in [0.1, 0.15) is 5.60 Å². The lowest BCUT2D eigenvalue weighted by Crippen LogP contribution is -2.52. The Hall–Kier alpha value is -0.680. The van der Waals surface area contributed by atoms with Crippen LogP contribution in [0.1, 0.15) is 26.7 Å². The fourth-order valence-corrected chi connectivity index (χ4v) is 2.01. The third-order valence-corrected chi connectivity index (χ3v) is 2.44. The average Bonchev–Trinajstić information content (AvgIpc) is 1.99. The Bertz CT molecular complexity index is 221. The summed E-state index contributed by atoms with van der Waals surface area (Å²) < 4.78 is 18.5. The van der Waals surface area contributed by atoms with Gasteiger partial charge in [-0.05, 0) is 13.8 Å². The van der Waals surface area contributed by atoms with Gasteiger partial charge in [-0.25, -0.2) is 9.18 Å². The van der Waals surface area contributed by atoms with Crippen molar-refractivity contribution in [1.82, 2.24) is 0 Å². The summed E-state index contributed by atoms with van der Waals surface area (Å²) in [5, 5.41) is 18.3. The molecule has 0 aromatic rings. The van der Waals surface area contributed by atoms with E-state index in [1.165, 1.54) is 0 Å². The second-order valence-corrected chi connectivity index (χ2v) is 3.97. The molecule has 0 aromatic carbocycles. The zero-order valence-corrected chi connectivity index (χ0v) is 8.24. The third kappa shape index (κ3) is 2.22. The molecule has 4 nitrogen and oxygen atoms in total. The molecule has 0 spiro atoms. The molecule has 1 heterocycles. The Morgan fingerprint density at radius 3 is 2.29 bits per heavy atom. The molecule has 14 heavy (non-hydrogen) atoms. The van der Waals surface area contributed by atoms with Crippen LogP contribution in [-0.2, 0) is 9.53 Å². The largest absolute Gasteiger partial charge is 0.479 e. The summed E-state index contributed by atoms with van der Waals surface area (Å²) in [5.74, 6) is -1.62. The molecule has 1 saturated heterocycles. The fraction of sp³-hybridized carbons (Fsp3) is 0.889. The molecular weight excluding hydrogens is 191 g/mol. The molecular formula is C9H15FO4. The number of rotatable bonds is 2. The standard InChI is InChI=1S/C9H15FO4/c1-5-3-9(13,4-6(2)14-5)7(10)8(11)12/h5-7,13H,3-4H2,1-2H3,(H,11,12). The van der Waals surface area contributed by atoms with Crippen molar-refractivity contribution in [3.05, 3.63) is 0 Å². The zero-order valence-electron chi connectivity index (χ0n) is 8.24. The molecule has 0 radical (unpaired) electrons. The number of hydrogen-bond acceptors (Lipinski definition) is 3. The van der Waals surface area contributed by atoms with Crippen molar-refractivity contribution in [3.8, 4) is 0 Å². The van der Waals surface area contributed by atoms with E-state index >= 15 is 0 Å². The molecule has 0 amide bonds. The molecule has 0 aliphatic carbocycles. The maximum atomic E-state index is 13.2. The first-order valence-electron chi connectivity index (χ1n) is 4.60. The minimum Gasteiger partial charge on any atom is -0.479 e. The number of aliphatic hydroxyl groups is 1. The van der Waals surface area contributed by atoms with Crippen molar-refractivity contribution in [2.45, 2.75) is 50.7 Å². The van der Waals surface area contributed by atoms with Crippen LogP contribution in [0.3, 0.4) is 0 Å². The van der Waals surface area contributed by atoms with E-state index in [4.69, 9.17) is 9.84 Å². The van der Waals surface area contributed by atoms with E-state index < -0.39 is 17.7 Å². The highest BCUT2D eigenvalue weighted by atomic mass is 19.1. The van der Waals surface area contributed by atoms with Gasteiger partial charge in [-0.15, -0.1) is 0 Å². The quantitative estimate of drug-likeness (QED) is 0.699. The number of alkyl halides is 1. The average molecular weight is 206 g/mol. The van der Waals surface area contributed by atoms with Crippen molar-refractivity contribution >= 4 is 5.97 Å². The van der Waals surface area contributed by atoms with Crippen LogP contribution in [0.15, 0.2) is 0 Å². The van der Waals surface area contributed by atoms with Crippen molar-refractivity contribution in [3.63, 3.8) is 0 Å². The molecule has 3 unspecified atom stereocenters. The SMILES string of the molecule is CC1CC(O)(C(F)C(=O)O)CC(C)O1. The van der Waals surface area contributed by atoms with Gasteiger partial charge in [-0.3, -0.25) is 0 Å². The zero-order chi connectivity index (χ0) is 10.9. The lowest BCUT2D eigenvalue weighted by atomic mass is 9.84. The Labute approximate surface area is 81.7 Å². The number of hydrogen-bond donors (Lipinski definition) is 2. The number of carboxylic acids is 1.